The normalized spacial score (nSPS) is 35.6. The SMILES string of the molecule is CO[C@H]1C[C@@H]2CC[C@@H](C)[C@@](O)(O2)C(=O)C(=O)N2CCCC[C@H]2C(=O)O[C@H]([C@H](C)C[C@@H]2CC[C@@H](OC(=O)NCCC(O)(P(=O)(O)O)P(=O)(O)O)[C@H](OC)C2)CC(=O)[C@H](C)/C=C(\C)[C@@H](O)[C@@H](OC)C(=O)[C@H](C)C[C@H](C)\C=C/C=C/C=C/1C. The summed E-state index contributed by atoms with van der Waals surface area (Å²) in [6.07, 6.45) is 5.64. The molecule has 3 aliphatic heterocycles. The van der Waals surface area contributed by atoms with Gasteiger partial charge in [-0.1, -0.05) is 71.1 Å². The smallest absolute Gasteiger partial charge is 0.407 e. The van der Waals surface area contributed by atoms with Gasteiger partial charge in [0.15, 0.2) is 5.78 Å². The standard InChI is InChI=1S/C55H88N2O21P2/c1-32-16-12-11-13-17-33(2)44(73-8)30-40-21-19-38(7)55(66,78-40)50(61)51(62)57-25-15-14-18-41(57)52(63)76-45(31-42(58)34(3)27-37(6)48(60)49(75-10)47(59)36(5)26-32)35(4)28-39-20-22-43(46(29-39)74-9)77-53(64)56-24-23-54(65,79(67,68)69)80(70,71)72/h11-13,16-17,27,32,34-36,38-41,43-46,48-49,60,65-66H,14-15,18-26,28-31H2,1-10H3,(H,56,64)(H2,67,68,69)(H2,70,71,72)/b13-11+,16-12-,33-17+,37-27+/t32-,34-,35-,36-,38-,39+,40+,41+,43-,44+,45+,46-,48-,49+,55-/m1/s1. The first kappa shape index (κ1) is 68.7. The second-order valence-electron chi connectivity index (χ2n) is 22.5. The molecule has 15 atom stereocenters. The number of rotatable bonds is 12. The van der Waals surface area contributed by atoms with Gasteiger partial charge in [-0.3, -0.25) is 28.3 Å². The average Bonchev–Trinajstić information content (AvgIpc) is 3.42. The Bertz CT molecular complexity index is 2360. The van der Waals surface area contributed by atoms with Crippen LogP contribution in [-0.2, 0) is 61.5 Å². The Morgan fingerprint density at radius 1 is 0.863 bits per heavy atom. The lowest BCUT2D eigenvalue weighted by molar-refractivity contribution is -0.265. The van der Waals surface area contributed by atoms with Crippen LogP contribution >= 0.6 is 15.2 Å². The number of carbonyl (C=O) groups excluding carboxylic acids is 6. The predicted octanol–water partition coefficient (Wildman–Crippen LogP) is 5.31. The van der Waals surface area contributed by atoms with Crippen molar-refractivity contribution in [2.24, 2.45) is 35.5 Å². The third-order valence-corrected chi connectivity index (χ3v) is 20.3. The second kappa shape index (κ2) is 30.1. The molecule has 4 aliphatic rings. The summed E-state index contributed by atoms with van der Waals surface area (Å²) in [6.45, 7) is 11.4. The van der Waals surface area contributed by atoms with E-state index >= 15 is 0 Å². The van der Waals surface area contributed by atoms with Gasteiger partial charge >= 0.3 is 27.3 Å². The van der Waals surface area contributed by atoms with Crippen molar-refractivity contribution >= 4 is 50.5 Å². The fourth-order valence-corrected chi connectivity index (χ4v) is 13.4. The highest BCUT2D eigenvalue weighted by Gasteiger charge is 2.59. The van der Waals surface area contributed by atoms with E-state index in [0.29, 0.717) is 56.9 Å². The number of cyclic esters (lactones) is 1. The summed E-state index contributed by atoms with van der Waals surface area (Å²) < 4.78 is 58.6. The van der Waals surface area contributed by atoms with E-state index in [4.69, 9.17) is 28.4 Å². The number of alkyl carbamates (subject to hydrolysis) is 1. The minimum absolute atomic E-state index is 0.00727. The van der Waals surface area contributed by atoms with Gasteiger partial charge < -0.3 is 73.5 Å². The lowest BCUT2D eigenvalue weighted by Gasteiger charge is -2.42. The summed E-state index contributed by atoms with van der Waals surface area (Å²) in [7, 11) is -7.27. The summed E-state index contributed by atoms with van der Waals surface area (Å²) in [5.41, 5.74) is 1.13. The summed E-state index contributed by atoms with van der Waals surface area (Å²) in [4.78, 5) is 123. The fourth-order valence-electron chi connectivity index (χ4n) is 11.2. The highest BCUT2D eigenvalue weighted by Crippen LogP contribution is 2.68. The summed E-state index contributed by atoms with van der Waals surface area (Å²) in [6, 6.07) is -1.27. The number of aliphatic hydroxyl groups excluding tert-OH is 1. The molecule has 80 heavy (non-hydrogen) atoms. The Labute approximate surface area is 469 Å². The highest BCUT2D eigenvalue weighted by molar-refractivity contribution is 7.72. The zero-order valence-electron chi connectivity index (χ0n) is 47.8. The van der Waals surface area contributed by atoms with Crippen LogP contribution in [0.15, 0.2) is 47.6 Å². The molecule has 4 rings (SSSR count). The molecule has 8 N–H and O–H groups in total. The second-order valence-corrected chi connectivity index (χ2v) is 26.5. The molecule has 2 amide bonds. The molecule has 0 spiro atoms. The molecule has 0 aromatic heterocycles. The van der Waals surface area contributed by atoms with Crippen LogP contribution in [0.25, 0.3) is 0 Å². The number of allylic oxidation sites excluding steroid dienone is 6. The van der Waals surface area contributed by atoms with Crippen LogP contribution in [0.5, 0.6) is 0 Å². The number of hydrogen-bond donors (Lipinski definition) is 8. The van der Waals surface area contributed by atoms with Crippen molar-refractivity contribution in [2.45, 2.75) is 192 Å². The summed E-state index contributed by atoms with van der Waals surface area (Å²) in [5, 5.41) is 32.1. The van der Waals surface area contributed by atoms with E-state index in [1.165, 1.54) is 27.4 Å². The molecule has 0 radical (unpaired) electrons. The molecule has 0 aromatic rings. The van der Waals surface area contributed by atoms with Crippen molar-refractivity contribution < 1.29 is 101 Å². The van der Waals surface area contributed by atoms with Crippen LogP contribution in [0.1, 0.15) is 132 Å². The van der Waals surface area contributed by atoms with Gasteiger partial charge in [-0.15, -0.1) is 0 Å². The molecular weight excluding hydrogens is 1090 g/mol. The zero-order valence-corrected chi connectivity index (χ0v) is 49.6. The van der Waals surface area contributed by atoms with Gasteiger partial charge in [0.05, 0.1) is 18.3 Å². The third-order valence-electron chi connectivity index (χ3n) is 16.4. The topological polar surface area (TPSA) is 349 Å². The van der Waals surface area contributed by atoms with Crippen molar-refractivity contribution in [2.75, 3.05) is 34.4 Å². The molecule has 3 heterocycles. The van der Waals surface area contributed by atoms with E-state index in [2.05, 4.69) is 5.32 Å². The number of piperidine rings is 1. The number of nitrogens with zero attached hydrogens (tertiary/aromatic N) is 1. The van der Waals surface area contributed by atoms with Crippen LogP contribution in [0.4, 0.5) is 4.79 Å². The largest absolute Gasteiger partial charge is 0.460 e. The van der Waals surface area contributed by atoms with Gasteiger partial charge in [-0.2, -0.15) is 0 Å². The van der Waals surface area contributed by atoms with E-state index in [1.807, 2.05) is 44.2 Å². The minimum Gasteiger partial charge on any atom is -0.460 e. The Balaban J connectivity index is 1.64. The number of methoxy groups -OCH3 is 3. The van der Waals surface area contributed by atoms with Crippen LogP contribution in [0.3, 0.4) is 0 Å². The Hall–Kier alpha value is -3.80. The number of amides is 2. The maximum Gasteiger partial charge on any atom is 0.407 e. The number of aliphatic hydroxyl groups is 3. The van der Waals surface area contributed by atoms with E-state index in [-0.39, 0.29) is 55.6 Å². The van der Waals surface area contributed by atoms with Crippen molar-refractivity contribution in [1.82, 2.24) is 10.2 Å². The van der Waals surface area contributed by atoms with Crippen molar-refractivity contribution in [1.29, 1.82) is 0 Å². The van der Waals surface area contributed by atoms with E-state index in [9.17, 15) is 72.8 Å². The number of Topliss-reactive ketones (excluding diaryl/α,β-unsaturated/α-hetero) is 3. The molecular formula is C55H88N2O21P2. The minimum atomic E-state index is -5.77. The van der Waals surface area contributed by atoms with Gasteiger partial charge in [0.25, 0.3) is 16.8 Å². The number of hydrogen-bond acceptors (Lipinski definition) is 17. The molecule has 1 saturated carbocycles. The average molecular weight is 1180 g/mol. The Morgan fingerprint density at radius 2 is 1.54 bits per heavy atom. The molecule has 1 aliphatic carbocycles. The Morgan fingerprint density at radius 3 is 2.16 bits per heavy atom. The van der Waals surface area contributed by atoms with Crippen LogP contribution in [0, 0.1) is 35.5 Å². The summed E-state index contributed by atoms with van der Waals surface area (Å²) >= 11 is 0. The number of ether oxygens (including phenoxy) is 6. The Kier molecular flexibility index (Phi) is 25.9. The first-order chi connectivity index (χ1) is 37.3. The maximum atomic E-state index is 14.6. The van der Waals surface area contributed by atoms with Gasteiger partial charge in [0.1, 0.15) is 36.2 Å². The predicted molar refractivity (Wildman–Crippen MR) is 291 cm³/mol. The zero-order chi connectivity index (χ0) is 60.1. The lowest BCUT2D eigenvalue weighted by Crippen LogP contribution is -2.61. The molecule has 0 aromatic carbocycles. The third kappa shape index (κ3) is 17.9. The van der Waals surface area contributed by atoms with E-state index in [1.54, 1.807) is 34.6 Å². The lowest BCUT2D eigenvalue weighted by atomic mass is 9.78. The fraction of sp³-hybridized carbons (Fsp3) is 0.745. The number of carbonyl (C=O) groups is 6. The molecule has 3 fully saturated rings. The van der Waals surface area contributed by atoms with Gasteiger partial charge in [0, 0.05) is 71.4 Å². The number of ketones is 3. The molecule has 2 bridgehead atoms. The first-order valence-corrected chi connectivity index (χ1v) is 30.8. The van der Waals surface area contributed by atoms with Crippen LogP contribution in [0.2, 0.25) is 0 Å². The molecule has 0 unspecified atom stereocenters. The number of nitrogens with one attached hydrogen (secondary N) is 1. The first-order valence-electron chi connectivity index (χ1n) is 27.6. The van der Waals surface area contributed by atoms with Gasteiger partial charge in [-0.25, -0.2) is 9.59 Å². The molecule has 25 heteroatoms. The molecule has 23 nitrogen and oxygen atoms in total. The van der Waals surface area contributed by atoms with Crippen molar-refractivity contribution in [3.63, 3.8) is 0 Å². The van der Waals surface area contributed by atoms with Crippen molar-refractivity contribution in [3.8, 4) is 0 Å². The quantitative estimate of drug-likeness (QED) is 0.0531. The van der Waals surface area contributed by atoms with Crippen LogP contribution < -0.4 is 5.32 Å². The molecule has 2 saturated heterocycles. The number of esters is 1. The number of fused-ring (bicyclic) bond motifs is 3. The van der Waals surface area contributed by atoms with Gasteiger partial charge in [-0.05, 0) is 107 Å². The van der Waals surface area contributed by atoms with E-state index < -0.39 is 135 Å². The highest BCUT2D eigenvalue weighted by atomic mass is 31.2. The van der Waals surface area contributed by atoms with Crippen molar-refractivity contribution in [3.05, 3.63) is 47.6 Å². The van der Waals surface area contributed by atoms with Crippen LogP contribution in [-0.4, -0.2) is 169 Å². The monoisotopic (exact) mass is 1170 g/mol. The molecule has 454 valence electrons. The summed E-state index contributed by atoms with van der Waals surface area (Å²) in [5.74, 6) is -9.36. The van der Waals surface area contributed by atoms with Gasteiger partial charge in [0.2, 0.25) is 5.79 Å². The maximum absolute atomic E-state index is 14.6. The van der Waals surface area contributed by atoms with E-state index in [0.717, 1.165) is 10.5 Å².